The second-order valence-electron chi connectivity index (χ2n) is 5.80. The summed E-state index contributed by atoms with van der Waals surface area (Å²) in [6.07, 6.45) is 2.16. The van der Waals surface area contributed by atoms with Crippen molar-refractivity contribution in [3.05, 3.63) is 46.7 Å². The van der Waals surface area contributed by atoms with Crippen LogP contribution >= 0.6 is 11.3 Å². The van der Waals surface area contributed by atoms with Gasteiger partial charge in [0.25, 0.3) is 5.91 Å². The standard InChI is InChI=1S/C17H16FN3OS/c1-11-14-10-15(16(22)20-8-2-3-9-20)23-17(14)21(19-11)13-6-4-12(18)5-7-13/h4-7,10H,2-3,8-9H2,1H3. The number of rotatable bonds is 2. The number of likely N-dealkylation sites (tertiary alicyclic amines) is 1. The van der Waals surface area contributed by atoms with Gasteiger partial charge in [-0.05, 0) is 50.1 Å². The number of halogens is 1. The van der Waals surface area contributed by atoms with Crippen LogP contribution in [0, 0.1) is 12.7 Å². The Labute approximate surface area is 137 Å². The Morgan fingerprint density at radius 3 is 2.61 bits per heavy atom. The van der Waals surface area contributed by atoms with Gasteiger partial charge in [-0.1, -0.05) is 0 Å². The van der Waals surface area contributed by atoms with Crippen LogP contribution in [0.15, 0.2) is 30.3 Å². The van der Waals surface area contributed by atoms with Crippen LogP contribution in [0.2, 0.25) is 0 Å². The number of benzene rings is 1. The normalized spacial score (nSPS) is 14.8. The van der Waals surface area contributed by atoms with Crippen molar-refractivity contribution < 1.29 is 9.18 Å². The zero-order valence-corrected chi connectivity index (χ0v) is 13.6. The fourth-order valence-electron chi connectivity index (χ4n) is 2.99. The van der Waals surface area contributed by atoms with Gasteiger partial charge in [0.2, 0.25) is 0 Å². The van der Waals surface area contributed by atoms with E-state index in [1.165, 1.54) is 23.5 Å². The van der Waals surface area contributed by atoms with E-state index in [-0.39, 0.29) is 11.7 Å². The second-order valence-corrected chi connectivity index (χ2v) is 6.83. The topological polar surface area (TPSA) is 38.1 Å². The van der Waals surface area contributed by atoms with Gasteiger partial charge in [-0.25, -0.2) is 9.07 Å². The summed E-state index contributed by atoms with van der Waals surface area (Å²) in [5.41, 5.74) is 1.67. The van der Waals surface area contributed by atoms with Crippen LogP contribution in [0.3, 0.4) is 0 Å². The lowest BCUT2D eigenvalue weighted by molar-refractivity contribution is 0.0797. The Balaban J connectivity index is 1.78. The van der Waals surface area contributed by atoms with Crippen molar-refractivity contribution >= 4 is 27.5 Å². The van der Waals surface area contributed by atoms with E-state index >= 15 is 0 Å². The minimum Gasteiger partial charge on any atom is -0.338 e. The highest BCUT2D eigenvalue weighted by atomic mass is 32.1. The summed E-state index contributed by atoms with van der Waals surface area (Å²) in [5, 5.41) is 5.52. The molecule has 6 heteroatoms. The maximum absolute atomic E-state index is 13.1. The predicted molar refractivity (Wildman–Crippen MR) is 88.8 cm³/mol. The van der Waals surface area contributed by atoms with Crippen LogP contribution in [0.1, 0.15) is 28.2 Å². The fourth-order valence-corrected chi connectivity index (χ4v) is 4.14. The van der Waals surface area contributed by atoms with Crippen molar-refractivity contribution in [1.29, 1.82) is 0 Å². The lowest BCUT2D eigenvalue weighted by atomic mass is 10.3. The zero-order chi connectivity index (χ0) is 16.0. The molecule has 1 saturated heterocycles. The highest BCUT2D eigenvalue weighted by molar-refractivity contribution is 7.20. The van der Waals surface area contributed by atoms with Gasteiger partial charge < -0.3 is 4.90 Å². The van der Waals surface area contributed by atoms with Gasteiger partial charge in [0.15, 0.2) is 0 Å². The first-order valence-corrected chi connectivity index (χ1v) is 8.49. The third-order valence-electron chi connectivity index (χ3n) is 4.22. The minimum atomic E-state index is -0.273. The van der Waals surface area contributed by atoms with Gasteiger partial charge in [0.1, 0.15) is 10.6 Å². The van der Waals surface area contributed by atoms with Crippen molar-refractivity contribution in [3.63, 3.8) is 0 Å². The first-order valence-electron chi connectivity index (χ1n) is 7.68. The van der Waals surface area contributed by atoms with E-state index in [0.29, 0.717) is 0 Å². The van der Waals surface area contributed by atoms with Crippen molar-refractivity contribution in [2.45, 2.75) is 19.8 Å². The van der Waals surface area contributed by atoms with E-state index in [0.717, 1.165) is 52.4 Å². The number of fused-ring (bicyclic) bond motifs is 1. The number of carbonyl (C=O) groups is 1. The molecule has 1 aromatic carbocycles. The summed E-state index contributed by atoms with van der Waals surface area (Å²) in [6.45, 7) is 3.62. The molecule has 4 rings (SSSR count). The van der Waals surface area contributed by atoms with E-state index in [9.17, 15) is 9.18 Å². The number of aromatic nitrogens is 2. The number of nitrogens with zero attached hydrogens (tertiary/aromatic N) is 3. The van der Waals surface area contributed by atoms with Crippen LogP contribution in [0.5, 0.6) is 0 Å². The lowest BCUT2D eigenvalue weighted by Crippen LogP contribution is -2.26. The number of thiophene rings is 1. The molecule has 0 spiro atoms. The number of amides is 1. The van der Waals surface area contributed by atoms with Crippen LogP contribution in [-0.4, -0.2) is 33.7 Å². The number of aryl methyl sites for hydroxylation is 1. The van der Waals surface area contributed by atoms with E-state index < -0.39 is 0 Å². The molecule has 23 heavy (non-hydrogen) atoms. The zero-order valence-electron chi connectivity index (χ0n) is 12.8. The maximum atomic E-state index is 13.1. The molecular weight excluding hydrogens is 313 g/mol. The summed E-state index contributed by atoms with van der Waals surface area (Å²) in [7, 11) is 0. The first kappa shape index (κ1) is 14.4. The van der Waals surface area contributed by atoms with Gasteiger partial charge in [0.05, 0.1) is 16.3 Å². The van der Waals surface area contributed by atoms with Gasteiger partial charge >= 0.3 is 0 Å². The highest BCUT2D eigenvalue weighted by Gasteiger charge is 2.23. The molecule has 4 nitrogen and oxygen atoms in total. The molecule has 1 amide bonds. The molecule has 3 aromatic rings. The third kappa shape index (κ3) is 2.43. The molecule has 1 aliphatic rings. The Bertz CT molecular complexity index is 875. The quantitative estimate of drug-likeness (QED) is 0.718. The third-order valence-corrected chi connectivity index (χ3v) is 5.32. The molecule has 0 radical (unpaired) electrons. The van der Waals surface area contributed by atoms with Crippen molar-refractivity contribution in [3.8, 4) is 5.69 Å². The SMILES string of the molecule is Cc1nn(-c2ccc(F)cc2)c2sc(C(=O)N3CCCC3)cc12. The number of hydrogen-bond acceptors (Lipinski definition) is 3. The van der Waals surface area contributed by atoms with Gasteiger partial charge in [-0.15, -0.1) is 11.3 Å². The largest absolute Gasteiger partial charge is 0.338 e. The molecule has 2 aromatic heterocycles. The molecule has 118 valence electrons. The summed E-state index contributed by atoms with van der Waals surface area (Å²) in [4.78, 5) is 16.2. The molecule has 0 saturated carbocycles. The van der Waals surface area contributed by atoms with E-state index in [4.69, 9.17) is 0 Å². The summed E-state index contributed by atoms with van der Waals surface area (Å²) >= 11 is 1.45. The monoisotopic (exact) mass is 329 g/mol. The van der Waals surface area contributed by atoms with Gasteiger partial charge in [0, 0.05) is 18.5 Å². The smallest absolute Gasteiger partial charge is 0.264 e. The van der Waals surface area contributed by atoms with Crippen LogP contribution in [0.4, 0.5) is 4.39 Å². The average molecular weight is 329 g/mol. The first-order chi connectivity index (χ1) is 11.1. The Hall–Kier alpha value is -2.21. The molecule has 0 aliphatic carbocycles. The van der Waals surface area contributed by atoms with E-state index in [2.05, 4.69) is 5.10 Å². The summed E-state index contributed by atoms with van der Waals surface area (Å²) in [6, 6.07) is 8.17. The van der Waals surface area contributed by atoms with Crippen LogP contribution in [0.25, 0.3) is 15.9 Å². The molecule has 0 bridgehead atoms. The van der Waals surface area contributed by atoms with E-state index in [1.807, 2.05) is 17.9 Å². The fraction of sp³-hybridized carbons (Fsp3) is 0.294. The summed E-state index contributed by atoms with van der Waals surface area (Å²) < 4.78 is 14.9. The summed E-state index contributed by atoms with van der Waals surface area (Å²) in [5.74, 6) is -0.168. The predicted octanol–water partition coefficient (Wildman–Crippen LogP) is 3.77. The van der Waals surface area contributed by atoms with Crippen molar-refractivity contribution in [1.82, 2.24) is 14.7 Å². The molecule has 0 unspecified atom stereocenters. The lowest BCUT2D eigenvalue weighted by Gasteiger charge is -2.13. The second kappa shape index (κ2) is 5.45. The minimum absolute atomic E-state index is 0.105. The number of hydrogen-bond donors (Lipinski definition) is 0. The molecule has 0 atom stereocenters. The molecular formula is C17H16FN3OS. The molecule has 1 aliphatic heterocycles. The van der Waals surface area contributed by atoms with Gasteiger partial charge in [-0.2, -0.15) is 5.10 Å². The van der Waals surface area contributed by atoms with Crippen LogP contribution in [-0.2, 0) is 0 Å². The maximum Gasteiger partial charge on any atom is 0.264 e. The van der Waals surface area contributed by atoms with Crippen molar-refractivity contribution in [2.75, 3.05) is 13.1 Å². The Morgan fingerprint density at radius 2 is 1.91 bits per heavy atom. The van der Waals surface area contributed by atoms with Gasteiger partial charge in [-0.3, -0.25) is 4.79 Å². The molecule has 1 fully saturated rings. The van der Waals surface area contributed by atoms with Crippen LogP contribution < -0.4 is 0 Å². The van der Waals surface area contributed by atoms with Crippen molar-refractivity contribution in [2.24, 2.45) is 0 Å². The highest BCUT2D eigenvalue weighted by Crippen LogP contribution is 2.31. The Kier molecular flexibility index (Phi) is 3.41. The average Bonchev–Trinajstić information content (AvgIpc) is 3.26. The van der Waals surface area contributed by atoms with E-state index in [1.54, 1.807) is 16.8 Å². The molecule has 0 N–H and O–H groups in total. The Morgan fingerprint density at radius 1 is 1.22 bits per heavy atom. The molecule has 3 heterocycles. The number of carbonyl (C=O) groups excluding carboxylic acids is 1.